The molecule has 4 rings (SSSR count). The molecule has 6 nitrogen and oxygen atoms in total. The third-order valence-corrected chi connectivity index (χ3v) is 6.03. The Morgan fingerprint density at radius 2 is 1.69 bits per heavy atom. The number of carbonyl (C=O) groups is 2. The number of aromatic nitrogens is 1. The zero-order chi connectivity index (χ0) is 20.4. The second-order valence-electron chi connectivity index (χ2n) is 7.31. The van der Waals surface area contributed by atoms with Crippen molar-refractivity contribution in [3.05, 3.63) is 53.6 Å². The van der Waals surface area contributed by atoms with Crippen LogP contribution in [0.25, 0.3) is 22.0 Å². The summed E-state index contributed by atoms with van der Waals surface area (Å²) in [5.74, 6) is 0.716. The van der Waals surface area contributed by atoms with Crippen LogP contribution in [0.15, 0.2) is 53.1 Å². The van der Waals surface area contributed by atoms with E-state index < -0.39 is 0 Å². The van der Waals surface area contributed by atoms with E-state index in [-0.39, 0.29) is 17.7 Å². The van der Waals surface area contributed by atoms with Crippen LogP contribution in [0, 0.1) is 5.92 Å². The van der Waals surface area contributed by atoms with Gasteiger partial charge in [0.1, 0.15) is 4.88 Å². The molecule has 0 aliphatic carbocycles. The maximum atomic E-state index is 13.3. The predicted molar refractivity (Wildman–Crippen MR) is 113 cm³/mol. The van der Waals surface area contributed by atoms with Gasteiger partial charge in [0, 0.05) is 37.7 Å². The van der Waals surface area contributed by atoms with Gasteiger partial charge in [-0.15, -0.1) is 11.3 Å². The Morgan fingerprint density at radius 1 is 1.00 bits per heavy atom. The van der Waals surface area contributed by atoms with Gasteiger partial charge in [-0.1, -0.05) is 44.2 Å². The Morgan fingerprint density at radius 3 is 2.31 bits per heavy atom. The van der Waals surface area contributed by atoms with Crippen molar-refractivity contribution >= 4 is 23.2 Å². The van der Waals surface area contributed by atoms with Crippen molar-refractivity contribution in [1.82, 2.24) is 14.8 Å². The number of thiazole rings is 1. The molecule has 1 aliphatic heterocycles. The highest BCUT2D eigenvalue weighted by molar-refractivity contribution is 7.17. The van der Waals surface area contributed by atoms with E-state index in [4.69, 9.17) is 9.40 Å². The molecular weight excluding hydrogens is 386 g/mol. The summed E-state index contributed by atoms with van der Waals surface area (Å²) in [6, 6.07) is 13.4. The van der Waals surface area contributed by atoms with Crippen molar-refractivity contribution in [3.8, 4) is 22.0 Å². The van der Waals surface area contributed by atoms with Gasteiger partial charge >= 0.3 is 0 Å². The van der Waals surface area contributed by atoms with E-state index in [2.05, 4.69) is 0 Å². The maximum absolute atomic E-state index is 13.3. The molecule has 7 heteroatoms. The number of rotatable bonds is 4. The van der Waals surface area contributed by atoms with E-state index in [1.54, 1.807) is 6.26 Å². The van der Waals surface area contributed by atoms with Crippen LogP contribution in [-0.2, 0) is 4.79 Å². The molecule has 0 unspecified atom stereocenters. The average Bonchev–Trinajstić information content (AvgIpc) is 3.43. The van der Waals surface area contributed by atoms with Crippen LogP contribution in [0.4, 0.5) is 0 Å². The van der Waals surface area contributed by atoms with Gasteiger partial charge in [0.05, 0.1) is 12.0 Å². The Labute approximate surface area is 173 Å². The summed E-state index contributed by atoms with van der Waals surface area (Å²) >= 11 is 1.35. The first kappa shape index (κ1) is 19.4. The molecule has 0 radical (unpaired) electrons. The van der Waals surface area contributed by atoms with E-state index in [1.165, 1.54) is 11.3 Å². The summed E-state index contributed by atoms with van der Waals surface area (Å²) < 4.78 is 5.49. The van der Waals surface area contributed by atoms with Gasteiger partial charge in [-0.3, -0.25) is 9.59 Å². The summed E-state index contributed by atoms with van der Waals surface area (Å²) in [4.78, 5) is 34.5. The normalized spacial score (nSPS) is 14.4. The van der Waals surface area contributed by atoms with E-state index in [1.807, 2.05) is 66.1 Å². The van der Waals surface area contributed by atoms with Gasteiger partial charge < -0.3 is 14.2 Å². The molecule has 3 heterocycles. The highest BCUT2D eigenvalue weighted by atomic mass is 32.1. The van der Waals surface area contributed by atoms with E-state index in [9.17, 15) is 9.59 Å². The van der Waals surface area contributed by atoms with Crippen molar-refractivity contribution in [3.63, 3.8) is 0 Å². The fourth-order valence-electron chi connectivity index (χ4n) is 3.40. The zero-order valence-electron chi connectivity index (χ0n) is 16.5. The molecule has 150 valence electrons. The van der Waals surface area contributed by atoms with Crippen LogP contribution >= 0.6 is 11.3 Å². The summed E-state index contributed by atoms with van der Waals surface area (Å²) in [6.07, 6.45) is 1.60. The summed E-state index contributed by atoms with van der Waals surface area (Å²) in [5, 5.41) is 0.686. The van der Waals surface area contributed by atoms with Gasteiger partial charge in [0.15, 0.2) is 10.8 Å². The lowest BCUT2D eigenvalue weighted by atomic mass is 10.1. The van der Waals surface area contributed by atoms with Gasteiger partial charge in [0.2, 0.25) is 5.91 Å². The number of nitrogens with zero attached hydrogens (tertiary/aromatic N) is 3. The molecule has 0 spiro atoms. The van der Waals surface area contributed by atoms with Crippen LogP contribution in [-0.4, -0.2) is 52.8 Å². The topological polar surface area (TPSA) is 66.7 Å². The van der Waals surface area contributed by atoms with Crippen LogP contribution < -0.4 is 0 Å². The summed E-state index contributed by atoms with van der Waals surface area (Å²) in [5.41, 5.74) is 1.58. The number of carbonyl (C=O) groups excluding carboxylic acids is 2. The molecule has 3 aromatic rings. The summed E-state index contributed by atoms with van der Waals surface area (Å²) in [7, 11) is 0. The predicted octanol–water partition coefficient (Wildman–Crippen LogP) is 4.01. The number of amides is 2. The molecule has 1 aliphatic rings. The highest BCUT2D eigenvalue weighted by Gasteiger charge is 2.29. The molecule has 1 fully saturated rings. The number of benzene rings is 1. The van der Waals surface area contributed by atoms with Crippen molar-refractivity contribution in [2.24, 2.45) is 5.92 Å². The van der Waals surface area contributed by atoms with E-state index >= 15 is 0 Å². The molecule has 0 atom stereocenters. The van der Waals surface area contributed by atoms with Crippen molar-refractivity contribution in [2.45, 2.75) is 13.8 Å². The smallest absolute Gasteiger partial charge is 0.266 e. The van der Waals surface area contributed by atoms with Crippen LogP contribution in [0.5, 0.6) is 0 Å². The lowest BCUT2D eigenvalue weighted by molar-refractivity contribution is -0.135. The number of hydrogen-bond donors (Lipinski definition) is 0. The molecule has 1 saturated heterocycles. The van der Waals surface area contributed by atoms with Crippen molar-refractivity contribution in [2.75, 3.05) is 26.2 Å². The average molecular weight is 410 g/mol. The molecule has 0 N–H and O–H groups in total. The fourth-order valence-corrected chi connectivity index (χ4v) is 4.42. The van der Waals surface area contributed by atoms with Crippen LogP contribution in [0.2, 0.25) is 0 Å². The molecule has 2 amide bonds. The second-order valence-corrected chi connectivity index (χ2v) is 8.31. The number of furan rings is 1. The lowest BCUT2D eigenvalue weighted by Gasteiger charge is -2.35. The van der Waals surface area contributed by atoms with Crippen LogP contribution in [0.3, 0.4) is 0 Å². The first-order valence-corrected chi connectivity index (χ1v) is 10.5. The minimum atomic E-state index is -0.0456. The highest BCUT2D eigenvalue weighted by Crippen LogP contribution is 2.35. The van der Waals surface area contributed by atoms with Gasteiger partial charge in [0.25, 0.3) is 5.91 Å². The standard InChI is InChI=1S/C22H23N3O3S/c1-15(2)21(26)24-10-12-25(13-11-24)22(27)19-18(16-7-4-3-5-8-16)23-20(29-19)17-9-6-14-28-17/h3-9,14-15H,10-13H2,1-2H3. The zero-order valence-corrected chi connectivity index (χ0v) is 17.3. The quantitative estimate of drug-likeness (QED) is 0.653. The Balaban J connectivity index is 1.60. The van der Waals surface area contributed by atoms with Crippen LogP contribution in [0.1, 0.15) is 23.5 Å². The Bertz CT molecular complexity index is 988. The third-order valence-electron chi connectivity index (χ3n) is 4.97. The van der Waals surface area contributed by atoms with Crippen molar-refractivity contribution < 1.29 is 14.0 Å². The fraction of sp³-hybridized carbons (Fsp3) is 0.318. The summed E-state index contributed by atoms with van der Waals surface area (Å²) in [6.45, 7) is 5.98. The monoisotopic (exact) mass is 409 g/mol. The maximum Gasteiger partial charge on any atom is 0.266 e. The minimum absolute atomic E-state index is 0.0284. The molecule has 2 aromatic heterocycles. The Hall–Kier alpha value is -2.93. The van der Waals surface area contributed by atoms with Crippen molar-refractivity contribution in [1.29, 1.82) is 0 Å². The first-order chi connectivity index (χ1) is 14.0. The van der Waals surface area contributed by atoms with Gasteiger partial charge in [-0.2, -0.15) is 0 Å². The molecule has 29 heavy (non-hydrogen) atoms. The number of hydrogen-bond acceptors (Lipinski definition) is 5. The first-order valence-electron chi connectivity index (χ1n) is 9.73. The Kier molecular flexibility index (Phi) is 5.49. The molecule has 0 saturated carbocycles. The van der Waals surface area contributed by atoms with E-state index in [0.717, 1.165) is 5.56 Å². The largest absolute Gasteiger partial charge is 0.462 e. The van der Waals surface area contributed by atoms with E-state index in [0.29, 0.717) is 47.5 Å². The number of piperazine rings is 1. The minimum Gasteiger partial charge on any atom is -0.462 e. The molecule has 1 aromatic carbocycles. The van der Waals surface area contributed by atoms with Gasteiger partial charge in [-0.05, 0) is 12.1 Å². The molecular formula is C22H23N3O3S. The third kappa shape index (κ3) is 3.96. The SMILES string of the molecule is CC(C)C(=O)N1CCN(C(=O)c2sc(-c3ccco3)nc2-c2ccccc2)CC1. The second kappa shape index (κ2) is 8.21. The lowest BCUT2D eigenvalue weighted by Crippen LogP contribution is -2.51. The van der Waals surface area contributed by atoms with Gasteiger partial charge in [-0.25, -0.2) is 4.98 Å². The molecule has 0 bridgehead atoms.